The standard InChI is InChI=1S/C14H22.C6H12.C3H8.C3H6.C2H6.C2H2/c1-4-7-13(8-5-2)14-10-6-9-12(3)11-14;1-4-6(3)5-2;2*1-3-2;2*1-2/h6,9-11,13H,4-5,7-8H2,1-3H3;4H,5H2,1-3H3;3H2,1-2H3;3H,1H2,2H3;1-2H3;1-2H/b;6-4+;;;;. The van der Waals surface area contributed by atoms with Crippen LogP contribution in [0.15, 0.2) is 48.6 Å². The first kappa shape index (κ1) is 38.8. The Morgan fingerprint density at radius 3 is 1.60 bits per heavy atom. The maximum atomic E-state index is 4.00. The first-order chi connectivity index (χ1) is 14.4. The average molecular weight is 417 g/mol. The van der Waals surface area contributed by atoms with Gasteiger partial charge in [0.05, 0.1) is 0 Å². The zero-order valence-corrected chi connectivity index (χ0v) is 22.6. The minimum atomic E-state index is 0.782. The van der Waals surface area contributed by atoms with Crippen LogP contribution in [0.4, 0.5) is 0 Å². The molecule has 0 aliphatic carbocycles. The molecule has 0 saturated carbocycles. The Kier molecular flexibility index (Phi) is 49.1. The first-order valence-electron chi connectivity index (χ1n) is 12.0. The largest absolute Gasteiger partial charge is 0.124 e. The van der Waals surface area contributed by atoms with Crippen molar-refractivity contribution in [1.29, 1.82) is 0 Å². The minimum Gasteiger partial charge on any atom is -0.124 e. The Morgan fingerprint density at radius 1 is 0.967 bits per heavy atom. The van der Waals surface area contributed by atoms with E-state index in [1.54, 1.807) is 6.08 Å². The molecule has 0 spiro atoms. The van der Waals surface area contributed by atoms with Gasteiger partial charge in [-0.3, -0.25) is 0 Å². The van der Waals surface area contributed by atoms with Crippen molar-refractivity contribution in [2.24, 2.45) is 0 Å². The van der Waals surface area contributed by atoms with Gasteiger partial charge in [-0.2, -0.15) is 0 Å². The van der Waals surface area contributed by atoms with Crippen molar-refractivity contribution in [3.8, 4) is 12.8 Å². The molecular weight excluding hydrogens is 360 g/mol. The van der Waals surface area contributed by atoms with Crippen LogP contribution in [0.25, 0.3) is 0 Å². The zero-order valence-electron chi connectivity index (χ0n) is 22.6. The summed E-state index contributed by atoms with van der Waals surface area (Å²) in [6, 6.07) is 8.99. The van der Waals surface area contributed by atoms with E-state index >= 15 is 0 Å². The molecule has 0 heterocycles. The Balaban J connectivity index is -0.000000109. The molecule has 1 aromatic carbocycles. The fourth-order valence-electron chi connectivity index (χ4n) is 2.30. The predicted molar refractivity (Wildman–Crippen MR) is 147 cm³/mol. The van der Waals surface area contributed by atoms with Gasteiger partial charge >= 0.3 is 0 Å². The van der Waals surface area contributed by atoms with Gasteiger partial charge in [0.2, 0.25) is 0 Å². The SMILES string of the molecule is C#C.C/C=C(\C)CC.C=CC.CC.CCC.CCCC(CCC)c1cccc(C)c1. The van der Waals surface area contributed by atoms with Crippen LogP contribution in [0.1, 0.15) is 125 Å². The van der Waals surface area contributed by atoms with Gasteiger partial charge in [0.25, 0.3) is 0 Å². The summed E-state index contributed by atoms with van der Waals surface area (Å²) in [7, 11) is 0. The molecule has 0 fully saturated rings. The molecule has 0 radical (unpaired) electrons. The van der Waals surface area contributed by atoms with E-state index in [-0.39, 0.29) is 0 Å². The van der Waals surface area contributed by atoms with E-state index in [0.717, 1.165) is 5.92 Å². The number of hydrogen-bond donors (Lipinski definition) is 0. The number of aryl methyl sites for hydroxylation is 1. The summed E-state index contributed by atoms with van der Waals surface area (Å²) in [5, 5.41) is 0. The fraction of sp³-hybridized carbons (Fsp3) is 0.600. The van der Waals surface area contributed by atoms with Crippen LogP contribution in [0.5, 0.6) is 0 Å². The molecule has 0 aromatic heterocycles. The van der Waals surface area contributed by atoms with E-state index in [1.165, 1.54) is 55.2 Å². The molecule has 0 N–H and O–H groups in total. The maximum Gasteiger partial charge on any atom is -0.0162 e. The maximum absolute atomic E-state index is 4.00. The normalized spacial score (nSPS) is 8.80. The highest BCUT2D eigenvalue weighted by Gasteiger charge is 2.08. The third kappa shape index (κ3) is 33.8. The van der Waals surface area contributed by atoms with Crippen molar-refractivity contribution >= 4 is 0 Å². The lowest BCUT2D eigenvalue weighted by Crippen LogP contribution is -1.98. The molecule has 0 aliphatic rings. The van der Waals surface area contributed by atoms with Crippen molar-refractivity contribution in [2.75, 3.05) is 0 Å². The Bertz CT molecular complexity index is 456. The Morgan fingerprint density at radius 2 is 1.37 bits per heavy atom. The van der Waals surface area contributed by atoms with Crippen LogP contribution in [-0.4, -0.2) is 0 Å². The van der Waals surface area contributed by atoms with Crippen molar-refractivity contribution in [3.63, 3.8) is 0 Å². The molecule has 0 aliphatic heterocycles. The first-order valence-corrected chi connectivity index (χ1v) is 12.0. The second-order valence-electron chi connectivity index (χ2n) is 6.79. The molecule has 1 aromatic rings. The summed E-state index contributed by atoms with van der Waals surface area (Å²) >= 11 is 0. The quantitative estimate of drug-likeness (QED) is 0.319. The summed E-state index contributed by atoms with van der Waals surface area (Å²) in [5.41, 5.74) is 4.39. The van der Waals surface area contributed by atoms with E-state index in [4.69, 9.17) is 0 Å². The van der Waals surface area contributed by atoms with E-state index in [9.17, 15) is 0 Å². The zero-order chi connectivity index (χ0) is 24.8. The predicted octanol–water partition coefficient (Wildman–Crippen LogP) is 10.9. The van der Waals surface area contributed by atoms with Gasteiger partial charge < -0.3 is 0 Å². The lowest BCUT2D eigenvalue weighted by molar-refractivity contribution is 0.560. The molecule has 1 rings (SSSR count). The molecular formula is C30H56. The van der Waals surface area contributed by atoms with E-state index in [0.29, 0.717) is 0 Å². The number of hydrogen-bond acceptors (Lipinski definition) is 0. The van der Waals surface area contributed by atoms with Crippen LogP contribution in [-0.2, 0) is 0 Å². The second-order valence-corrected chi connectivity index (χ2v) is 6.79. The molecule has 0 unspecified atom stereocenters. The third-order valence-corrected chi connectivity index (χ3v) is 3.84. The summed E-state index contributed by atoms with van der Waals surface area (Å²) in [4.78, 5) is 0. The highest BCUT2D eigenvalue weighted by atomic mass is 14.1. The number of rotatable bonds is 6. The molecule has 0 bridgehead atoms. The molecule has 176 valence electrons. The highest BCUT2D eigenvalue weighted by Crippen LogP contribution is 2.26. The van der Waals surface area contributed by atoms with Crippen molar-refractivity contribution < 1.29 is 0 Å². The van der Waals surface area contributed by atoms with Crippen molar-refractivity contribution in [2.45, 2.75) is 121 Å². The minimum absolute atomic E-state index is 0.782. The molecule has 0 amide bonds. The van der Waals surface area contributed by atoms with Gasteiger partial charge in [-0.25, -0.2) is 0 Å². The van der Waals surface area contributed by atoms with E-state index in [1.807, 2.05) is 20.8 Å². The van der Waals surface area contributed by atoms with Crippen LogP contribution < -0.4 is 0 Å². The monoisotopic (exact) mass is 416 g/mol. The van der Waals surface area contributed by atoms with Gasteiger partial charge in [-0.15, -0.1) is 19.4 Å². The summed E-state index contributed by atoms with van der Waals surface area (Å²) in [6.45, 7) is 26.6. The number of allylic oxidation sites excluding steroid dienone is 3. The van der Waals surface area contributed by atoms with Gasteiger partial charge in [-0.1, -0.05) is 115 Å². The third-order valence-electron chi connectivity index (χ3n) is 3.84. The number of terminal acetylenes is 1. The van der Waals surface area contributed by atoms with Gasteiger partial charge in [0, 0.05) is 0 Å². The lowest BCUT2D eigenvalue weighted by atomic mass is 9.90. The molecule has 0 saturated heterocycles. The fourth-order valence-corrected chi connectivity index (χ4v) is 2.30. The van der Waals surface area contributed by atoms with Crippen LogP contribution in [0.2, 0.25) is 0 Å². The average Bonchev–Trinajstić information content (AvgIpc) is 2.77. The molecule has 0 heteroatoms. The smallest absolute Gasteiger partial charge is 0.0162 e. The van der Waals surface area contributed by atoms with Crippen molar-refractivity contribution in [1.82, 2.24) is 0 Å². The number of benzene rings is 1. The Hall–Kier alpha value is -1.74. The Labute approximate surface area is 193 Å². The van der Waals surface area contributed by atoms with Gasteiger partial charge in [0.1, 0.15) is 0 Å². The molecule has 30 heavy (non-hydrogen) atoms. The summed E-state index contributed by atoms with van der Waals surface area (Å²) in [5.74, 6) is 0.782. The molecule has 0 atom stereocenters. The van der Waals surface area contributed by atoms with E-state index in [2.05, 4.69) is 105 Å². The van der Waals surface area contributed by atoms with Crippen molar-refractivity contribution in [3.05, 3.63) is 59.7 Å². The highest BCUT2D eigenvalue weighted by molar-refractivity contribution is 5.25. The van der Waals surface area contributed by atoms with E-state index < -0.39 is 0 Å². The summed E-state index contributed by atoms with van der Waals surface area (Å²) < 4.78 is 0. The summed E-state index contributed by atoms with van der Waals surface area (Å²) in [6.07, 6.45) is 19.6. The topological polar surface area (TPSA) is 0 Å². The second kappa shape index (κ2) is 37.9. The van der Waals surface area contributed by atoms with Crippen LogP contribution >= 0.6 is 0 Å². The van der Waals surface area contributed by atoms with Gasteiger partial charge in [-0.05, 0) is 58.4 Å². The molecule has 0 nitrogen and oxygen atoms in total. The van der Waals surface area contributed by atoms with Crippen LogP contribution in [0.3, 0.4) is 0 Å². The van der Waals surface area contributed by atoms with Gasteiger partial charge in [0.15, 0.2) is 0 Å². The lowest BCUT2D eigenvalue weighted by Gasteiger charge is -2.16. The van der Waals surface area contributed by atoms with Crippen LogP contribution in [0, 0.1) is 19.8 Å².